The predicted octanol–water partition coefficient (Wildman–Crippen LogP) is 4.38. The Morgan fingerprint density at radius 3 is 2.57 bits per heavy atom. The first-order chi connectivity index (χ1) is 13.6. The van der Waals surface area contributed by atoms with Gasteiger partial charge < -0.3 is 15.4 Å². The van der Waals surface area contributed by atoms with Gasteiger partial charge in [-0.25, -0.2) is 0 Å². The Morgan fingerprint density at radius 2 is 1.89 bits per heavy atom. The van der Waals surface area contributed by atoms with Gasteiger partial charge in [-0.05, 0) is 68.0 Å². The van der Waals surface area contributed by atoms with E-state index in [9.17, 15) is 9.59 Å². The number of ether oxygens (including phenoxy) is 1. The highest BCUT2D eigenvalue weighted by atomic mass is 79.9. The van der Waals surface area contributed by atoms with E-state index in [1.54, 1.807) is 24.3 Å². The Bertz CT molecular complexity index is 889. The summed E-state index contributed by atoms with van der Waals surface area (Å²) in [4.78, 5) is 25.2. The molecule has 1 heterocycles. The monoisotopic (exact) mass is 442 g/mol. The molecule has 2 aliphatic rings. The molecular weight excluding hydrogens is 420 g/mol. The second kappa shape index (κ2) is 8.05. The van der Waals surface area contributed by atoms with Crippen molar-refractivity contribution in [3.05, 3.63) is 64.1 Å². The maximum atomic E-state index is 12.9. The summed E-state index contributed by atoms with van der Waals surface area (Å²) in [5.74, 6) is -0.285. The summed E-state index contributed by atoms with van der Waals surface area (Å²) < 4.78 is 6.42. The molecule has 1 atom stereocenters. The van der Waals surface area contributed by atoms with Gasteiger partial charge in [-0.15, -0.1) is 0 Å². The smallest absolute Gasteiger partial charge is 0.253 e. The molecule has 6 heteroatoms. The molecule has 0 bridgehead atoms. The molecule has 1 aliphatic carbocycles. The lowest BCUT2D eigenvalue weighted by molar-refractivity contribution is -0.124. The molecule has 28 heavy (non-hydrogen) atoms. The molecule has 4 rings (SSSR count). The lowest BCUT2D eigenvalue weighted by atomic mass is 9.71. The van der Waals surface area contributed by atoms with Crippen LogP contribution in [0.2, 0.25) is 0 Å². The molecule has 2 fully saturated rings. The zero-order valence-electron chi connectivity index (χ0n) is 15.5. The van der Waals surface area contributed by atoms with E-state index < -0.39 is 6.10 Å². The van der Waals surface area contributed by atoms with Crippen molar-refractivity contribution in [2.75, 3.05) is 11.9 Å². The second-order valence-corrected chi connectivity index (χ2v) is 8.39. The van der Waals surface area contributed by atoms with Crippen LogP contribution in [0.25, 0.3) is 0 Å². The van der Waals surface area contributed by atoms with Crippen molar-refractivity contribution in [2.45, 2.75) is 43.7 Å². The van der Waals surface area contributed by atoms with E-state index in [2.05, 4.69) is 38.7 Å². The zero-order chi connectivity index (χ0) is 19.6. The summed E-state index contributed by atoms with van der Waals surface area (Å²) in [6.45, 7) is 0.623. The topological polar surface area (TPSA) is 67.4 Å². The van der Waals surface area contributed by atoms with Crippen LogP contribution in [0.3, 0.4) is 0 Å². The van der Waals surface area contributed by atoms with Crippen LogP contribution >= 0.6 is 15.9 Å². The lowest BCUT2D eigenvalue weighted by Crippen LogP contribution is -2.50. The van der Waals surface area contributed by atoms with Gasteiger partial charge >= 0.3 is 0 Å². The van der Waals surface area contributed by atoms with Crippen LogP contribution in [0.15, 0.2) is 53.0 Å². The molecule has 146 valence electrons. The third kappa shape index (κ3) is 3.98. The first-order valence-electron chi connectivity index (χ1n) is 9.67. The Balaban J connectivity index is 1.48. The van der Waals surface area contributed by atoms with E-state index in [-0.39, 0.29) is 17.4 Å². The molecule has 1 aliphatic heterocycles. The number of hydrogen-bond acceptors (Lipinski definition) is 3. The SMILES string of the molecule is O=C(NC1(c2cccc(Br)c2)CCC1)c1cccc(NC(=O)[C@@H]2CCCO2)c1. The van der Waals surface area contributed by atoms with Crippen molar-refractivity contribution in [1.82, 2.24) is 5.32 Å². The maximum absolute atomic E-state index is 12.9. The van der Waals surface area contributed by atoms with Gasteiger partial charge in [0.2, 0.25) is 0 Å². The highest BCUT2D eigenvalue weighted by molar-refractivity contribution is 9.10. The molecule has 2 N–H and O–H groups in total. The van der Waals surface area contributed by atoms with Gasteiger partial charge in [0.25, 0.3) is 11.8 Å². The third-order valence-electron chi connectivity index (χ3n) is 5.55. The molecular formula is C22H23BrN2O3. The van der Waals surface area contributed by atoms with Gasteiger partial charge in [0.1, 0.15) is 6.10 Å². The van der Waals surface area contributed by atoms with Gasteiger partial charge in [0, 0.05) is 22.3 Å². The fourth-order valence-electron chi connectivity index (χ4n) is 3.84. The first kappa shape index (κ1) is 19.2. The number of amides is 2. The molecule has 2 amide bonds. The van der Waals surface area contributed by atoms with Crippen molar-refractivity contribution in [3.63, 3.8) is 0 Å². The minimum atomic E-state index is -0.396. The van der Waals surface area contributed by atoms with Crippen molar-refractivity contribution in [1.29, 1.82) is 0 Å². The number of hydrogen-bond donors (Lipinski definition) is 2. The van der Waals surface area contributed by atoms with E-state index in [4.69, 9.17) is 4.74 Å². The quantitative estimate of drug-likeness (QED) is 0.721. The van der Waals surface area contributed by atoms with Crippen molar-refractivity contribution in [2.24, 2.45) is 0 Å². The van der Waals surface area contributed by atoms with E-state index in [1.807, 2.05) is 12.1 Å². The molecule has 1 saturated carbocycles. The van der Waals surface area contributed by atoms with Crippen LogP contribution in [0.1, 0.15) is 48.0 Å². The van der Waals surface area contributed by atoms with Gasteiger partial charge in [0.15, 0.2) is 0 Å². The minimum Gasteiger partial charge on any atom is -0.368 e. The highest BCUT2D eigenvalue weighted by Crippen LogP contribution is 2.42. The summed E-state index contributed by atoms with van der Waals surface area (Å²) >= 11 is 3.52. The number of rotatable bonds is 5. The zero-order valence-corrected chi connectivity index (χ0v) is 17.1. The van der Waals surface area contributed by atoms with E-state index in [1.165, 1.54) is 0 Å². The molecule has 2 aromatic carbocycles. The van der Waals surface area contributed by atoms with Crippen molar-refractivity contribution < 1.29 is 14.3 Å². The number of anilines is 1. The van der Waals surface area contributed by atoms with Crippen molar-refractivity contribution >= 4 is 33.4 Å². The summed E-state index contributed by atoms with van der Waals surface area (Å²) in [5, 5.41) is 6.09. The van der Waals surface area contributed by atoms with Gasteiger partial charge in [-0.1, -0.05) is 34.1 Å². The lowest BCUT2D eigenvalue weighted by Gasteiger charge is -2.43. The second-order valence-electron chi connectivity index (χ2n) is 7.47. The first-order valence-corrected chi connectivity index (χ1v) is 10.5. The van der Waals surface area contributed by atoms with Crippen molar-refractivity contribution in [3.8, 4) is 0 Å². The van der Waals surface area contributed by atoms with Gasteiger partial charge in [-0.2, -0.15) is 0 Å². The third-order valence-corrected chi connectivity index (χ3v) is 6.04. The van der Waals surface area contributed by atoms with Crippen LogP contribution < -0.4 is 10.6 Å². The summed E-state index contributed by atoms with van der Waals surface area (Å²) in [5.41, 5.74) is 1.94. The Hall–Kier alpha value is -2.18. The summed E-state index contributed by atoms with van der Waals surface area (Å²) in [6, 6.07) is 15.2. The molecule has 0 spiro atoms. The number of nitrogens with one attached hydrogen (secondary N) is 2. The number of carbonyl (C=O) groups is 2. The number of carbonyl (C=O) groups excluding carboxylic acids is 2. The highest BCUT2D eigenvalue weighted by Gasteiger charge is 2.40. The minimum absolute atomic E-state index is 0.132. The van der Waals surface area contributed by atoms with E-state index in [0.717, 1.165) is 42.1 Å². The van der Waals surface area contributed by atoms with E-state index in [0.29, 0.717) is 17.9 Å². The number of halogens is 1. The summed E-state index contributed by atoms with van der Waals surface area (Å²) in [7, 11) is 0. The average Bonchev–Trinajstić information content (AvgIpc) is 3.19. The fourth-order valence-corrected chi connectivity index (χ4v) is 4.24. The molecule has 0 unspecified atom stereocenters. The Kier molecular flexibility index (Phi) is 5.51. The largest absolute Gasteiger partial charge is 0.368 e. The van der Waals surface area contributed by atoms with Crippen LogP contribution in [-0.4, -0.2) is 24.5 Å². The van der Waals surface area contributed by atoms with Crippen LogP contribution in [-0.2, 0) is 15.1 Å². The van der Waals surface area contributed by atoms with E-state index >= 15 is 0 Å². The molecule has 2 aromatic rings. The predicted molar refractivity (Wildman–Crippen MR) is 111 cm³/mol. The van der Waals surface area contributed by atoms with Crippen LogP contribution in [0, 0.1) is 0 Å². The maximum Gasteiger partial charge on any atom is 0.253 e. The summed E-state index contributed by atoms with van der Waals surface area (Å²) in [6.07, 6.45) is 4.17. The van der Waals surface area contributed by atoms with Crippen LogP contribution in [0.5, 0.6) is 0 Å². The molecule has 5 nitrogen and oxygen atoms in total. The van der Waals surface area contributed by atoms with Gasteiger partial charge in [-0.3, -0.25) is 9.59 Å². The average molecular weight is 443 g/mol. The Morgan fingerprint density at radius 1 is 1.07 bits per heavy atom. The van der Waals surface area contributed by atoms with Crippen LogP contribution in [0.4, 0.5) is 5.69 Å². The normalized spacial score (nSPS) is 20.2. The number of benzene rings is 2. The van der Waals surface area contributed by atoms with Gasteiger partial charge in [0.05, 0.1) is 5.54 Å². The Labute approximate surface area is 173 Å². The fraction of sp³-hybridized carbons (Fsp3) is 0.364. The molecule has 0 radical (unpaired) electrons. The molecule has 1 saturated heterocycles. The standard InChI is InChI=1S/C22H23BrN2O3/c23-17-7-2-6-16(14-17)22(10-4-11-22)25-20(26)15-5-1-8-18(13-15)24-21(27)19-9-3-12-28-19/h1-2,5-8,13-14,19H,3-4,9-12H2,(H,24,27)(H,25,26)/t19-/m0/s1. The molecule has 0 aromatic heterocycles.